The number of carbonyl (C=O) groups is 3. The molecule has 2 aromatic carbocycles. The summed E-state index contributed by atoms with van der Waals surface area (Å²) < 4.78 is 13.8. The zero-order valence-corrected chi connectivity index (χ0v) is 17.8. The van der Waals surface area contributed by atoms with E-state index in [0.717, 1.165) is 5.56 Å². The number of benzene rings is 2. The molecule has 4 rings (SSSR count). The molecule has 0 aromatic heterocycles. The van der Waals surface area contributed by atoms with Crippen LogP contribution in [0.1, 0.15) is 17.5 Å². The van der Waals surface area contributed by atoms with Crippen LogP contribution in [-0.2, 0) is 27.2 Å². The molecule has 0 aliphatic carbocycles. The number of piperidine rings is 1. The van der Waals surface area contributed by atoms with Gasteiger partial charge in [-0.05, 0) is 48.2 Å². The maximum absolute atomic E-state index is 13.8. The minimum atomic E-state index is -1.48. The maximum Gasteiger partial charge on any atom is 0.255 e. The zero-order chi connectivity index (χ0) is 22.9. The number of primary amides is 1. The monoisotopic (exact) mass is 455 g/mol. The Kier molecular flexibility index (Phi) is 5.97. The van der Waals surface area contributed by atoms with Crippen molar-refractivity contribution in [1.82, 2.24) is 10.3 Å². The normalized spacial score (nSPS) is 22.2. The fraction of sp³-hybridized carbons (Fsp3) is 0.261. The lowest BCUT2D eigenvalue weighted by atomic mass is 9.67. The Morgan fingerprint density at radius 2 is 2.00 bits per heavy atom. The van der Waals surface area contributed by atoms with E-state index in [-0.39, 0.29) is 13.0 Å². The van der Waals surface area contributed by atoms with Crippen molar-refractivity contribution in [2.45, 2.75) is 25.3 Å². The van der Waals surface area contributed by atoms with Gasteiger partial charge in [-0.2, -0.15) is 5.10 Å². The molecule has 3 amide bonds. The molecule has 32 heavy (non-hydrogen) atoms. The van der Waals surface area contributed by atoms with Crippen LogP contribution in [0.4, 0.5) is 4.39 Å². The van der Waals surface area contributed by atoms with Crippen molar-refractivity contribution in [2.75, 3.05) is 6.54 Å². The van der Waals surface area contributed by atoms with Crippen LogP contribution in [0.5, 0.6) is 0 Å². The first kappa shape index (κ1) is 22.0. The second-order valence-corrected chi connectivity index (χ2v) is 8.34. The van der Waals surface area contributed by atoms with Gasteiger partial charge < -0.3 is 10.6 Å². The molecule has 165 valence electrons. The molecule has 7 nitrogen and oxygen atoms in total. The Hall–Kier alpha value is -3.26. The lowest BCUT2D eigenvalue weighted by Gasteiger charge is -2.45. The van der Waals surface area contributed by atoms with Crippen molar-refractivity contribution in [3.8, 4) is 0 Å². The van der Waals surface area contributed by atoms with Gasteiger partial charge in [-0.3, -0.25) is 14.4 Å². The van der Waals surface area contributed by atoms with E-state index in [2.05, 4.69) is 10.5 Å². The van der Waals surface area contributed by atoms with E-state index in [4.69, 9.17) is 17.3 Å². The number of hydrogen-bond donors (Lipinski definition) is 2. The molecule has 2 aromatic rings. The molecule has 2 heterocycles. The maximum atomic E-state index is 13.8. The highest BCUT2D eigenvalue weighted by molar-refractivity contribution is 6.30. The SMILES string of the molecule is NC(=O)[C@@H]1N(C(=O)[CH]Cc2ccc(Cl)cc2)CCC2=NNC(=O)[C@@]21Cc1cccc(F)c1. The smallest absolute Gasteiger partial charge is 0.255 e. The summed E-state index contributed by atoms with van der Waals surface area (Å²) in [7, 11) is 0. The van der Waals surface area contributed by atoms with E-state index in [1.165, 1.54) is 29.5 Å². The number of nitrogens with one attached hydrogen (secondary N) is 1. The zero-order valence-electron chi connectivity index (χ0n) is 17.1. The number of nitrogens with two attached hydrogens (primary N) is 1. The van der Waals surface area contributed by atoms with Gasteiger partial charge in [0, 0.05) is 18.0 Å². The minimum absolute atomic E-state index is 0.00992. The quantitative estimate of drug-likeness (QED) is 0.696. The van der Waals surface area contributed by atoms with E-state index in [9.17, 15) is 18.8 Å². The number of fused-ring (bicyclic) bond motifs is 1. The molecule has 1 radical (unpaired) electrons. The summed E-state index contributed by atoms with van der Waals surface area (Å²) in [5.74, 6) is -2.23. The summed E-state index contributed by atoms with van der Waals surface area (Å²) in [6.07, 6.45) is 2.05. The third-order valence-corrected chi connectivity index (χ3v) is 6.18. The highest BCUT2D eigenvalue weighted by Crippen LogP contribution is 2.40. The van der Waals surface area contributed by atoms with E-state index in [0.29, 0.717) is 29.1 Å². The molecular weight excluding hydrogens is 435 g/mol. The molecule has 0 saturated carbocycles. The summed E-state index contributed by atoms with van der Waals surface area (Å²) in [6.45, 7) is 0.183. The molecule has 0 unspecified atom stereocenters. The van der Waals surface area contributed by atoms with Gasteiger partial charge in [0.25, 0.3) is 5.91 Å². The first-order valence-corrected chi connectivity index (χ1v) is 10.5. The minimum Gasteiger partial charge on any atom is -0.368 e. The molecule has 2 aliphatic rings. The first-order valence-electron chi connectivity index (χ1n) is 10.1. The Bertz CT molecular complexity index is 1100. The summed E-state index contributed by atoms with van der Waals surface area (Å²) in [6, 6.07) is 11.6. The van der Waals surface area contributed by atoms with Crippen LogP contribution in [0.15, 0.2) is 53.6 Å². The van der Waals surface area contributed by atoms with Gasteiger partial charge in [-0.25, -0.2) is 9.82 Å². The van der Waals surface area contributed by atoms with E-state index in [1.807, 2.05) is 0 Å². The number of hydrogen-bond acceptors (Lipinski definition) is 4. The fourth-order valence-corrected chi connectivity index (χ4v) is 4.58. The summed E-state index contributed by atoms with van der Waals surface area (Å²) in [5, 5.41) is 4.70. The Morgan fingerprint density at radius 1 is 1.25 bits per heavy atom. The highest BCUT2D eigenvalue weighted by Gasteiger charge is 2.60. The average molecular weight is 456 g/mol. The van der Waals surface area contributed by atoms with Crippen LogP contribution >= 0.6 is 11.6 Å². The van der Waals surface area contributed by atoms with Crippen LogP contribution in [0.25, 0.3) is 0 Å². The molecule has 0 spiro atoms. The summed E-state index contributed by atoms with van der Waals surface area (Å²) in [4.78, 5) is 40.1. The van der Waals surface area contributed by atoms with Crippen LogP contribution in [0, 0.1) is 17.7 Å². The predicted octanol–water partition coefficient (Wildman–Crippen LogP) is 2.03. The molecule has 2 atom stereocenters. The molecule has 9 heteroatoms. The van der Waals surface area contributed by atoms with E-state index < -0.39 is 35.0 Å². The van der Waals surface area contributed by atoms with Gasteiger partial charge in [0.05, 0.1) is 12.1 Å². The molecule has 1 saturated heterocycles. The lowest BCUT2D eigenvalue weighted by Crippen LogP contribution is -2.66. The number of nitrogens with zero attached hydrogens (tertiary/aromatic N) is 2. The molecular formula is C23H21ClFN4O3. The van der Waals surface area contributed by atoms with Crippen LogP contribution in [-0.4, -0.2) is 40.9 Å². The Morgan fingerprint density at radius 3 is 2.69 bits per heavy atom. The Balaban J connectivity index is 1.63. The standard InChI is InChI=1S/C23H21ClFN4O3/c24-16-7-4-14(5-8-16)6-9-19(30)29-11-10-18-23(20(29)21(26)31,22(32)28-27-18)13-15-2-1-3-17(25)12-15/h1-5,7-9,12,20H,6,10-11,13H2,(H2,26,31)(H,28,32)/t20-,23-/m0/s1. The van der Waals surface area contributed by atoms with Gasteiger partial charge >= 0.3 is 0 Å². The molecule has 2 aliphatic heterocycles. The summed E-state index contributed by atoms with van der Waals surface area (Å²) >= 11 is 5.90. The van der Waals surface area contributed by atoms with E-state index in [1.54, 1.807) is 30.3 Å². The second-order valence-electron chi connectivity index (χ2n) is 7.90. The number of carbonyl (C=O) groups excluding carboxylic acids is 3. The number of halogens is 2. The number of rotatable bonds is 6. The highest BCUT2D eigenvalue weighted by atomic mass is 35.5. The molecule has 0 bridgehead atoms. The van der Waals surface area contributed by atoms with Gasteiger partial charge in [-0.15, -0.1) is 0 Å². The van der Waals surface area contributed by atoms with Crippen molar-refractivity contribution in [2.24, 2.45) is 16.3 Å². The van der Waals surface area contributed by atoms with Gasteiger partial charge in [0.1, 0.15) is 17.3 Å². The van der Waals surface area contributed by atoms with Gasteiger partial charge in [-0.1, -0.05) is 35.9 Å². The van der Waals surface area contributed by atoms with Crippen LogP contribution in [0.2, 0.25) is 5.02 Å². The van der Waals surface area contributed by atoms with Crippen molar-refractivity contribution < 1.29 is 18.8 Å². The van der Waals surface area contributed by atoms with Gasteiger partial charge in [0.15, 0.2) is 0 Å². The number of hydrazone groups is 1. The molecule has 1 fully saturated rings. The van der Waals surface area contributed by atoms with Crippen molar-refractivity contribution in [3.05, 3.63) is 76.9 Å². The van der Waals surface area contributed by atoms with Crippen molar-refractivity contribution in [1.29, 1.82) is 0 Å². The van der Waals surface area contributed by atoms with Crippen LogP contribution in [0.3, 0.4) is 0 Å². The Labute approximate surface area is 189 Å². The van der Waals surface area contributed by atoms with Gasteiger partial charge in [0.2, 0.25) is 11.8 Å². The first-order chi connectivity index (χ1) is 15.3. The topological polar surface area (TPSA) is 105 Å². The van der Waals surface area contributed by atoms with Crippen molar-refractivity contribution >= 4 is 35.0 Å². The van der Waals surface area contributed by atoms with E-state index >= 15 is 0 Å². The third-order valence-electron chi connectivity index (χ3n) is 5.93. The largest absolute Gasteiger partial charge is 0.368 e. The number of likely N-dealkylation sites (tertiary alicyclic amines) is 1. The third kappa shape index (κ3) is 3.98. The molecule has 3 N–H and O–H groups in total. The second kappa shape index (κ2) is 8.70. The average Bonchev–Trinajstić information content (AvgIpc) is 3.08. The lowest BCUT2D eigenvalue weighted by molar-refractivity contribution is -0.146. The van der Waals surface area contributed by atoms with Crippen LogP contribution < -0.4 is 11.2 Å². The summed E-state index contributed by atoms with van der Waals surface area (Å²) in [5.41, 5.74) is 8.49. The predicted molar refractivity (Wildman–Crippen MR) is 117 cm³/mol. The number of amides is 3. The fourth-order valence-electron chi connectivity index (χ4n) is 4.46. The van der Waals surface area contributed by atoms with Crippen molar-refractivity contribution in [3.63, 3.8) is 0 Å².